The Balaban J connectivity index is 3.60. The first-order valence-corrected chi connectivity index (χ1v) is 16.7. The fourth-order valence-corrected chi connectivity index (χ4v) is 5.31. The fourth-order valence-electron chi connectivity index (χ4n) is 5.31. The maximum absolute atomic E-state index is 13.9. The molecule has 46 heavy (non-hydrogen) atoms. The number of likely N-dealkylation sites (N-methyl/N-ethyl adjacent to an activating group) is 1. The number of esters is 1. The minimum absolute atomic E-state index is 0.0160. The van der Waals surface area contributed by atoms with Gasteiger partial charge in [0.15, 0.2) is 0 Å². The summed E-state index contributed by atoms with van der Waals surface area (Å²) in [6.07, 6.45) is 3.79. The Labute approximate surface area is 273 Å². The summed E-state index contributed by atoms with van der Waals surface area (Å²) in [5, 5.41) is 19.8. The van der Waals surface area contributed by atoms with E-state index in [1.807, 2.05) is 20.8 Å². The second-order valence-electron chi connectivity index (χ2n) is 12.7. The number of nitrogens with zero attached hydrogens (tertiary/aromatic N) is 1. The lowest BCUT2D eigenvalue weighted by Gasteiger charge is -2.34. The lowest BCUT2D eigenvalue weighted by atomic mass is 9.94. The molecule has 1 aliphatic rings. The average molecular weight is 655 g/mol. The highest BCUT2D eigenvalue weighted by Crippen LogP contribution is 2.22. The lowest BCUT2D eigenvalue weighted by molar-refractivity contribution is -0.157. The number of carbonyl (C=O) groups excluding carboxylic acids is 6. The van der Waals surface area contributed by atoms with E-state index in [1.54, 1.807) is 13.8 Å². The summed E-state index contributed by atoms with van der Waals surface area (Å²) in [5.74, 6) is -5.02. The first-order valence-electron chi connectivity index (χ1n) is 16.7. The Morgan fingerprint density at radius 2 is 1.54 bits per heavy atom. The van der Waals surface area contributed by atoms with Crippen molar-refractivity contribution in [1.29, 1.82) is 0 Å². The molecule has 5 amide bonds. The number of aliphatic hydroxyl groups is 1. The number of carbonyl (C=O) groups is 6. The summed E-state index contributed by atoms with van der Waals surface area (Å²) in [5.41, 5.74) is 5.82. The van der Waals surface area contributed by atoms with E-state index in [-0.39, 0.29) is 24.8 Å². The predicted molar refractivity (Wildman–Crippen MR) is 173 cm³/mol. The summed E-state index contributed by atoms with van der Waals surface area (Å²) < 4.78 is 5.74. The molecule has 0 saturated carbocycles. The monoisotopic (exact) mass is 654 g/mol. The van der Waals surface area contributed by atoms with E-state index < -0.39 is 84.8 Å². The van der Waals surface area contributed by atoms with Gasteiger partial charge in [-0.05, 0) is 37.5 Å². The van der Waals surface area contributed by atoms with Crippen molar-refractivity contribution in [1.82, 2.24) is 26.2 Å². The topological polar surface area (TPSA) is 209 Å². The quantitative estimate of drug-likeness (QED) is 0.127. The normalized spacial score (nSPS) is 27.0. The SMILES string of the molecule is CCCCCC[C@H]1OC(=O)CNC(=O)[C@H](CCO)NC(=O)[C@H](CN)NC(=O)[C@H]([C@H](C)CC)NC(=O)[C@H](CC(C)C)N(C)C(=O)[C@@H]1C. The molecule has 7 atom stereocenters. The third-order valence-electron chi connectivity index (χ3n) is 8.50. The molecule has 1 aliphatic heterocycles. The van der Waals surface area contributed by atoms with Crippen molar-refractivity contribution in [3.8, 4) is 0 Å². The van der Waals surface area contributed by atoms with Crippen molar-refractivity contribution >= 4 is 35.5 Å². The summed E-state index contributed by atoms with van der Waals surface area (Å²) in [6.45, 7) is 9.90. The van der Waals surface area contributed by atoms with Crippen LogP contribution in [0, 0.1) is 17.8 Å². The highest BCUT2D eigenvalue weighted by molar-refractivity contribution is 5.96. The zero-order valence-electron chi connectivity index (χ0n) is 28.7. The van der Waals surface area contributed by atoms with Gasteiger partial charge < -0.3 is 41.7 Å². The van der Waals surface area contributed by atoms with Crippen LogP contribution in [0.3, 0.4) is 0 Å². The summed E-state index contributed by atoms with van der Waals surface area (Å²) in [7, 11) is 1.53. The molecule has 1 fully saturated rings. The number of amides is 5. The largest absolute Gasteiger partial charge is 0.460 e. The molecule has 0 radical (unpaired) electrons. The Morgan fingerprint density at radius 3 is 2.11 bits per heavy atom. The molecular weight excluding hydrogens is 596 g/mol. The van der Waals surface area contributed by atoms with Crippen LogP contribution >= 0.6 is 0 Å². The molecule has 0 aromatic rings. The Kier molecular flexibility index (Phi) is 18.4. The van der Waals surface area contributed by atoms with E-state index >= 15 is 0 Å². The average Bonchev–Trinajstić information content (AvgIpc) is 3.02. The van der Waals surface area contributed by atoms with Crippen molar-refractivity contribution in [2.24, 2.45) is 23.5 Å². The molecule has 264 valence electrons. The van der Waals surface area contributed by atoms with Crippen molar-refractivity contribution in [2.75, 3.05) is 26.7 Å². The van der Waals surface area contributed by atoms with Gasteiger partial charge in [0, 0.05) is 20.2 Å². The van der Waals surface area contributed by atoms with Crippen LogP contribution in [0.2, 0.25) is 0 Å². The molecule has 14 nitrogen and oxygen atoms in total. The van der Waals surface area contributed by atoms with Crippen molar-refractivity contribution < 1.29 is 38.6 Å². The van der Waals surface area contributed by atoms with Gasteiger partial charge in [0.1, 0.15) is 36.8 Å². The number of nitrogens with one attached hydrogen (secondary N) is 4. The third kappa shape index (κ3) is 12.9. The molecule has 0 unspecified atom stereocenters. The molecule has 0 bridgehead atoms. The maximum Gasteiger partial charge on any atom is 0.325 e. The van der Waals surface area contributed by atoms with Gasteiger partial charge in [-0.25, -0.2) is 0 Å². The van der Waals surface area contributed by atoms with Crippen LogP contribution in [0.15, 0.2) is 0 Å². The van der Waals surface area contributed by atoms with Crippen LogP contribution < -0.4 is 27.0 Å². The number of hydrogen-bond acceptors (Lipinski definition) is 9. The zero-order chi connectivity index (χ0) is 35.0. The molecule has 7 N–H and O–H groups in total. The minimum atomic E-state index is -1.26. The lowest BCUT2D eigenvalue weighted by Crippen LogP contribution is -2.61. The maximum atomic E-state index is 13.9. The Morgan fingerprint density at radius 1 is 0.891 bits per heavy atom. The minimum Gasteiger partial charge on any atom is -0.460 e. The summed E-state index contributed by atoms with van der Waals surface area (Å²) in [4.78, 5) is 81.6. The van der Waals surface area contributed by atoms with Gasteiger partial charge in [0.05, 0.1) is 5.92 Å². The highest BCUT2D eigenvalue weighted by atomic mass is 16.5. The number of rotatable bonds is 12. The van der Waals surface area contributed by atoms with Crippen LogP contribution in [-0.4, -0.2) is 103 Å². The van der Waals surface area contributed by atoms with E-state index in [4.69, 9.17) is 10.5 Å². The molecule has 0 aromatic heterocycles. The predicted octanol–water partition coefficient (Wildman–Crippen LogP) is 0.349. The summed E-state index contributed by atoms with van der Waals surface area (Å²) >= 11 is 0. The first-order chi connectivity index (χ1) is 21.7. The molecule has 0 aromatic carbocycles. The van der Waals surface area contributed by atoms with Gasteiger partial charge in [-0.1, -0.05) is 67.2 Å². The van der Waals surface area contributed by atoms with Gasteiger partial charge in [0.2, 0.25) is 29.5 Å². The Bertz CT molecular complexity index is 1020. The van der Waals surface area contributed by atoms with E-state index in [0.717, 1.165) is 19.3 Å². The van der Waals surface area contributed by atoms with Crippen LogP contribution in [0.5, 0.6) is 0 Å². The first kappa shape index (κ1) is 40.8. The van der Waals surface area contributed by atoms with E-state index in [1.165, 1.54) is 11.9 Å². The highest BCUT2D eigenvalue weighted by Gasteiger charge is 2.38. The van der Waals surface area contributed by atoms with E-state index in [2.05, 4.69) is 28.2 Å². The number of ether oxygens (including phenoxy) is 1. The second kappa shape index (κ2) is 20.8. The number of cyclic esters (lactones) is 1. The molecular formula is C32H58N6O8. The van der Waals surface area contributed by atoms with Crippen molar-refractivity contribution in [3.63, 3.8) is 0 Å². The molecule has 1 rings (SSSR count). The molecule has 0 spiro atoms. The van der Waals surface area contributed by atoms with Crippen LogP contribution in [0.4, 0.5) is 0 Å². The van der Waals surface area contributed by atoms with Crippen LogP contribution in [0.25, 0.3) is 0 Å². The molecule has 14 heteroatoms. The number of unbranched alkanes of at least 4 members (excludes halogenated alkanes) is 3. The van der Waals surface area contributed by atoms with Crippen LogP contribution in [0.1, 0.15) is 92.9 Å². The zero-order valence-corrected chi connectivity index (χ0v) is 28.7. The second-order valence-corrected chi connectivity index (χ2v) is 12.7. The van der Waals surface area contributed by atoms with Gasteiger partial charge in [-0.15, -0.1) is 0 Å². The molecule has 1 heterocycles. The van der Waals surface area contributed by atoms with Gasteiger partial charge in [-0.2, -0.15) is 0 Å². The van der Waals surface area contributed by atoms with Crippen LogP contribution in [-0.2, 0) is 33.5 Å². The standard InChI is InChI=1S/C32H58N6O8/c1-8-10-11-12-13-25-21(6)32(45)38(7)24(16-19(3)4)30(43)37-27(20(5)9-2)31(44)36-23(17-33)29(42)35-22(14-15-39)28(41)34-18-26(40)46-25/h19-25,27,39H,8-18,33H2,1-7H3,(H,34,41)(H,35,42)(H,36,44)(H,37,43)/t20-,21-,22+,23+,24+,25-,27+/m1/s1. The van der Waals surface area contributed by atoms with Gasteiger partial charge >= 0.3 is 5.97 Å². The smallest absolute Gasteiger partial charge is 0.325 e. The molecule has 0 aliphatic carbocycles. The van der Waals surface area contributed by atoms with Crippen molar-refractivity contribution in [3.05, 3.63) is 0 Å². The summed E-state index contributed by atoms with van der Waals surface area (Å²) in [6, 6.07) is -4.48. The van der Waals surface area contributed by atoms with Gasteiger partial charge in [-0.3, -0.25) is 28.8 Å². The van der Waals surface area contributed by atoms with Gasteiger partial charge in [0.25, 0.3) is 0 Å². The van der Waals surface area contributed by atoms with E-state index in [0.29, 0.717) is 25.7 Å². The van der Waals surface area contributed by atoms with Crippen molar-refractivity contribution in [2.45, 2.75) is 123 Å². The molecule has 1 saturated heterocycles. The van der Waals surface area contributed by atoms with E-state index in [9.17, 15) is 33.9 Å². The Hall–Kier alpha value is -3.26. The number of hydrogen-bond donors (Lipinski definition) is 6. The fraction of sp³-hybridized carbons (Fsp3) is 0.812. The number of aliphatic hydroxyl groups excluding tert-OH is 1. The third-order valence-corrected chi connectivity index (χ3v) is 8.50. The number of nitrogens with two attached hydrogens (primary N) is 1.